The van der Waals surface area contributed by atoms with Crippen LogP contribution in [0.3, 0.4) is 0 Å². The van der Waals surface area contributed by atoms with Gasteiger partial charge in [-0.05, 0) is 37.7 Å². The second-order valence-electron chi connectivity index (χ2n) is 5.47. The van der Waals surface area contributed by atoms with E-state index in [1.54, 1.807) is 6.26 Å². The molecule has 2 aliphatic carbocycles. The highest BCUT2D eigenvalue weighted by atomic mass is 16.4. The smallest absolute Gasteiger partial charge is 0.317 e. The lowest BCUT2D eigenvalue weighted by atomic mass is 9.92. The van der Waals surface area contributed by atoms with E-state index in [1.807, 2.05) is 6.07 Å². The van der Waals surface area contributed by atoms with Crippen molar-refractivity contribution < 1.29 is 14.3 Å². The SMILES string of the molecule is O=C(O)CN(CC1CC1)C1CCCc2occc21. The minimum atomic E-state index is -0.730. The molecule has 0 aliphatic heterocycles. The van der Waals surface area contributed by atoms with Crippen molar-refractivity contribution in [2.45, 2.75) is 38.1 Å². The fraction of sp³-hybridized carbons (Fsp3) is 0.643. The summed E-state index contributed by atoms with van der Waals surface area (Å²) in [5.74, 6) is 1.03. The third-order valence-electron chi connectivity index (χ3n) is 3.99. The Hall–Kier alpha value is -1.29. The van der Waals surface area contributed by atoms with Crippen LogP contribution >= 0.6 is 0 Å². The maximum absolute atomic E-state index is 11.0. The average molecular weight is 249 g/mol. The highest BCUT2D eigenvalue weighted by Crippen LogP contribution is 2.38. The van der Waals surface area contributed by atoms with E-state index in [-0.39, 0.29) is 12.6 Å². The van der Waals surface area contributed by atoms with Gasteiger partial charge in [0.2, 0.25) is 0 Å². The first kappa shape index (κ1) is 11.8. The van der Waals surface area contributed by atoms with Gasteiger partial charge in [-0.3, -0.25) is 9.69 Å². The minimum absolute atomic E-state index is 0.145. The molecule has 0 spiro atoms. The molecular formula is C14H19NO3. The van der Waals surface area contributed by atoms with Crippen LogP contribution in [0.2, 0.25) is 0 Å². The molecule has 1 N–H and O–H groups in total. The summed E-state index contributed by atoms with van der Waals surface area (Å²) in [4.78, 5) is 13.2. The molecule has 2 aliphatic rings. The Bertz CT molecular complexity index is 436. The Morgan fingerprint density at radius 1 is 1.44 bits per heavy atom. The van der Waals surface area contributed by atoms with Crippen LogP contribution in [0.5, 0.6) is 0 Å². The molecule has 1 fully saturated rings. The van der Waals surface area contributed by atoms with Crippen molar-refractivity contribution in [2.24, 2.45) is 5.92 Å². The summed E-state index contributed by atoms with van der Waals surface area (Å²) in [7, 11) is 0. The summed E-state index contributed by atoms with van der Waals surface area (Å²) in [6.07, 6.45) is 7.36. The van der Waals surface area contributed by atoms with Crippen LogP contribution in [0, 0.1) is 5.92 Å². The quantitative estimate of drug-likeness (QED) is 0.871. The van der Waals surface area contributed by atoms with Crippen molar-refractivity contribution in [1.29, 1.82) is 0 Å². The summed E-state index contributed by atoms with van der Waals surface area (Å²) in [5, 5.41) is 9.08. The number of hydrogen-bond donors (Lipinski definition) is 1. The van der Waals surface area contributed by atoms with Crippen molar-refractivity contribution in [3.63, 3.8) is 0 Å². The molecule has 1 aromatic heterocycles. The largest absolute Gasteiger partial charge is 0.480 e. The van der Waals surface area contributed by atoms with Crippen molar-refractivity contribution >= 4 is 5.97 Å². The zero-order valence-electron chi connectivity index (χ0n) is 10.5. The van der Waals surface area contributed by atoms with Gasteiger partial charge in [0.05, 0.1) is 12.8 Å². The first-order valence-corrected chi connectivity index (χ1v) is 6.76. The van der Waals surface area contributed by atoms with Gasteiger partial charge in [0.25, 0.3) is 0 Å². The van der Waals surface area contributed by atoms with E-state index >= 15 is 0 Å². The third kappa shape index (κ3) is 2.43. The van der Waals surface area contributed by atoms with Gasteiger partial charge in [0, 0.05) is 24.6 Å². The summed E-state index contributed by atoms with van der Waals surface area (Å²) >= 11 is 0. The lowest BCUT2D eigenvalue weighted by Crippen LogP contribution is -2.36. The molecular weight excluding hydrogens is 230 g/mol. The fourth-order valence-electron chi connectivity index (χ4n) is 2.95. The highest BCUT2D eigenvalue weighted by Gasteiger charge is 2.33. The van der Waals surface area contributed by atoms with Gasteiger partial charge in [-0.25, -0.2) is 0 Å². The first-order valence-electron chi connectivity index (χ1n) is 6.76. The van der Waals surface area contributed by atoms with Crippen LogP contribution in [-0.4, -0.2) is 29.1 Å². The van der Waals surface area contributed by atoms with E-state index in [2.05, 4.69) is 4.90 Å². The average Bonchev–Trinajstić information content (AvgIpc) is 3.02. The van der Waals surface area contributed by atoms with Crippen LogP contribution < -0.4 is 0 Å². The Labute approximate surface area is 107 Å². The highest BCUT2D eigenvalue weighted by molar-refractivity contribution is 5.69. The molecule has 18 heavy (non-hydrogen) atoms. The molecule has 1 saturated carbocycles. The molecule has 3 rings (SSSR count). The second kappa shape index (κ2) is 4.76. The summed E-state index contributed by atoms with van der Waals surface area (Å²) < 4.78 is 5.49. The zero-order chi connectivity index (χ0) is 12.5. The van der Waals surface area contributed by atoms with E-state index in [4.69, 9.17) is 9.52 Å². The number of carboxylic acids is 1. The molecule has 4 nitrogen and oxygen atoms in total. The van der Waals surface area contributed by atoms with Gasteiger partial charge >= 0.3 is 5.97 Å². The molecule has 0 bridgehead atoms. The first-order chi connectivity index (χ1) is 8.74. The Balaban J connectivity index is 1.79. The molecule has 1 aromatic rings. The number of fused-ring (bicyclic) bond motifs is 1. The van der Waals surface area contributed by atoms with Crippen LogP contribution in [0.4, 0.5) is 0 Å². The van der Waals surface area contributed by atoms with Gasteiger partial charge in [-0.2, -0.15) is 0 Å². The molecule has 0 amide bonds. The summed E-state index contributed by atoms with van der Waals surface area (Å²) in [6, 6.07) is 2.25. The van der Waals surface area contributed by atoms with Gasteiger partial charge < -0.3 is 9.52 Å². The Morgan fingerprint density at radius 2 is 2.28 bits per heavy atom. The third-order valence-corrected chi connectivity index (χ3v) is 3.99. The predicted molar refractivity (Wildman–Crippen MR) is 66.3 cm³/mol. The molecule has 0 saturated heterocycles. The number of rotatable bonds is 5. The lowest BCUT2D eigenvalue weighted by molar-refractivity contribution is -0.139. The van der Waals surface area contributed by atoms with Crippen LogP contribution in [0.15, 0.2) is 16.7 Å². The van der Waals surface area contributed by atoms with Crippen LogP contribution in [-0.2, 0) is 11.2 Å². The zero-order valence-corrected chi connectivity index (χ0v) is 10.5. The fourth-order valence-corrected chi connectivity index (χ4v) is 2.95. The number of aliphatic carboxylic acids is 1. The van der Waals surface area contributed by atoms with Crippen LogP contribution in [0.25, 0.3) is 0 Å². The number of carbonyl (C=O) groups is 1. The minimum Gasteiger partial charge on any atom is -0.480 e. The topological polar surface area (TPSA) is 53.7 Å². The molecule has 1 atom stereocenters. The monoisotopic (exact) mass is 249 g/mol. The Morgan fingerprint density at radius 3 is 3.00 bits per heavy atom. The van der Waals surface area contributed by atoms with Crippen molar-refractivity contribution in [1.82, 2.24) is 4.90 Å². The van der Waals surface area contributed by atoms with Gasteiger partial charge in [-0.15, -0.1) is 0 Å². The van der Waals surface area contributed by atoms with Crippen molar-refractivity contribution in [2.75, 3.05) is 13.1 Å². The number of hydrogen-bond acceptors (Lipinski definition) is 3. The van der Waals surface area contributed by atoms with E-state index < -0.39 is 5.97 Å². The van der Waals surface area contributed by atoms with Crippen molar-refractivity contribution in [3.05, 3.63) is 23.7 Å². The molecule has 98 valence electrons. The molecule has 1 unspecified atom stereocenters. The molecule has 0 radical (unpaired) electrons. The number of carboxylic acid groups (broad SMARTS) is 1. The van der Waals surface area contributed by atoms with Crippen molar-refractivity contribution in [3.8, 4) is 0 Å². The van der Waals surface area contributed by atoms with E-state index in [1.165, 1.54) is 18.4 Å². The summed E-state index contributed by atoms with van der Waals surface area (Å²) in [5.41, 5.74) is 1.21. The van der Waals surface area contributed by atoms with Gasteiger partial charge in [0.15, 0.2) is 0 Å². The summed E-state index contributed by atoms with van der Waals surface area (Å²) in [6.45, 7) is 1.06. The number of furan rings is 1. The maximum Gasteiger partial charge on any atom is 0.317 e. The second-order valence-corrected chi connectivity index (χ2v) is 5.47. The Kier molecular flexibility index (Phi) is 3.12. The van der Waals surface area contributed by atoms with E-state index in [0.717, 1.165) is 31.6 Å². The maximum atomic E-state index is 11.0. The number of nitrogens with zero attached hydrogens (tertiary/aromatic N) is 1. The predicted octanol–water partition coefficient (Wildman–Crippen LogP) is 2.45. The number of aryl methyl sites for hydroxylation is 1. The standard InChI is InChI=1S/C14H19NO3/c16-14(17)9-15(8-10-4-5-10)12-2-1-3-13-11(12)6-7-18-13/h6-7,10,12H,1-5,8-9H2,(H,16,17). The van der Waals surface area contributed by atoms with E-state index in [9.17, 15) is 4.79 Å². The molecule has 1 heterocycles. The lowest BCUT2D eigenvalue weighted by Gasteiger charge is -2.33. The molecule has 0 aromatic carbocycles. The van der Waals surface area contributed by atoms with Gasteiger partial charge in [0.1, 0.15) is 5.76 Å². The molecule has 4 heteroatoms. The van der Waals surface area contributed by atoms with Gasteiger partial charge in [-0.1, -0.05) is 0 Å². The van der Waals surface area contributed by atoms with Crippen LogP contribution in [0.1, 0.15) is 43.0 Å². The normalized spacial score (nSPS) is 23.1. The van der Waals surface area contributed by atoms with E-state index in [0.29, 0.717) is 5.92 Å².